The van der Waals surface area contributed by atoms with Crippen molar-refractivity contribution < 1.29 is 14.7 Å². The first-order valence-electron chi connectivity index (χ1n) is 6.58. The van der Waals surface area contributed by atoms with Crippen LogP contribution in [0.1, 0.15) is 12.8 Å². The number of aliphatic carboxylic acids is 1. The van der Waals surface area contributed by atoms with Crippen molar-refractivity contribution in [3.05, 3.63) is 60.7 Å². The maximum absolute atomic E-state index is 11.9. The van der Waals surface area contributed by atoms with Gasteiger partial charge in [-0.25, -0.2) is 0 Å². The number of hydrazine groups is 1. The van der Waals surface area contributed by atoms with E-state index in [2.05, 4.69) is 5.43 Å². The van der Waals surface area contributed by atoms with Crippen molar-refractivity contribution in [1.82, 2.24) is 5.43 Å². The van der Waals surface area contributed by atoms with E-state index in [9.17, 15) is 9.59 Å². The first kappa shape index (κ1) is 14.6. The van der Waals surface area contributed by atoms with Crippen LogP contribution in [0.3, 0.4) is 0 Å². The quantitative estimate of drug-likeness (QED) is 0.800. The fraction of sp³-hybridized carbons (Fsp3) is 0.125. The summed E-state index contributed by atoms with van der Waals surface area (Å²) >= 11 is 0. The lowest BCUT2D eigenvalue weighted by Crippen LogP contribution is -2.39. The molecule has 0 atom stereocenters. The number of benzene rings is 2. The number of para-hydroxylation sites is 2. The zero-order chi connectivity index (χ0) is 15.1. The minimum Gasteiger partial charge on any atom is -0.481 e. The van der Waals surface area contributed by atoms with E-state index in [0.717, 1.165) is 11.4 Å². The fourth-order valence-corrected chi connectivity index (χ4v) is 1.83. The smallest absolute Gasteiger partial charge is 0.303 e. The number of nitrogens with zero attached hydrogens (tertiary/aromatic N) is 1. The number of anilines is 2. The number of carboxylic acid groups (broad SMARTS) is 1. The van der Waals surface area contributed by atoms with Gasteiger partial charge in [-0.3, -0.25) is 20.0 Å². The molecule has 108 valence electrons. The zero-order valence-corrected chi connectivity index (χ0v) is 11.4. The lowest BCUT2D eigenvalue weighted by atomic mass is 10.2. The van der Waals surface area contributed by atoms with E-state index in [0.29, 0.717) is 0 Å². The molecule has 0 heterocycles. The van der Waals surface area contributed by atoms with E-state index in [-0.39, 0.29) is 18.7 Å². The third-order valence-electron chi connectivity index (χ3n) is 2.83. The second-order valence-corrected chi connectivity index (χ2v) is 4.44. The Hall–Kier alpha value is -2.82. The van der Waals surface area contributed by atoms with Crippen LogP contribution >= 0.6 is 0 Å². The van der Waals surface area contributed by atoms with Gasteiger partial charge in [0.25, 0.3) is 0 Å². The Balaban J connectivity index is 2.17. The van der Waals surface area contributed by atoms with Crippen LogP contribution in [0, 0.1) is 0 Å². The normalized spacial score (nSPS) is 9.90. The summed E-state index contributed by atoms with van der Waals surface area (Å²) in [4.78, 5) is 22.4. The van der Waals surface area contributed by atoms with E-state index in [1.807, 2.05) is 60.7 Å². The Morgan fingerprint density at radius 3 is 1.76 bits per heavy atom. The molecule has 2 aromatic carbocycles. The topological polar surface area (TPSA) is 69.6 Å². The zero-order valence-electron chi connectivity index (χ0n) is 11.4. The molecule has 0 saturated carbocycles. The van der Waals surface area contributed by atoms with Crippen LogP contribution in [-0.4, -0.2) is 17.0 Å². The molecule has 1 amide bonds. The highest BCUT2D eigenvalue weighted by molar-refractivity contribution is 5.83. The molecular formula is C16H16N2O3. The lowest BCUT2D eigenvalue weighted by molar-refractivity contribution is -0.138. The van der Waals surface area contributed by atoms with Gasteiger partial charge in [-0.2, -0.15) is 0 Å². The second kappa shape index (κ2) is 7.09. The first-order valence-corrected chi connectivity index (χ1v) is 6.58. The van der Waals surface area contributed by atoms with Gasteiger partial charge in [0.2, 0.25) is 5.91 Å². The number of carboxylic acids is 1. The van der Waals surface area contributed by atoms with Crippen molar-refractivity contribution in [2.24, 2.45) is 0 Å². The largest absolute Gasteiger partial charge is 0.481 e. The second-order valence-electron chi connectivity index (χ2n) is 4.44. The summed E-state index contributed by atoms with van der Waals surface area (Å²) < 4.78 is 0. The molecule has 5 heteroatoms. The Morgan fingerprint density at radius 1 is 0.857 bits per heavy atom. The van der Waals surface area contributed by atoms with E-state index < -0.39 is 5.97 Å². The minimum atomic E-state index is -0.990. The van der Waals surface area contributed by atoms with Gasteiger partial charge in [-0.15, -0.1) is 0 Å². The number of nitrogens with one attached hydrogen (secondary N) is 1. The lowest BCUT2D eigenvalue weighted by Gasteiger charge is -2.25. The van der Waals surface area contributed by atoms with E-state index in [4.69, 9.17) is 5.11 Å². The maximum Gasteiger partial charge on any atom is 0.303 e. The number of amides is 1. The predicted octanol–water partition coefficient (Wildman–Crippen LogP) is 2.72. The van der Waals surface area contributed by atoms with Crippen molar-refractivity contribution in [3.63, 3.8) is 0 Å². The molecule has 0 aliphatic rings. The van der Waals surface area contributed by atoms with E-state index in [1.54, 1.807) is 5.01 Å². The van der Waals surface area contributed by atoms with Gasteiger partial charge in [-0.05, 0) is 24.3 Å². The van der Waals surface area contributed by atoms with Gasteiger partial charge >= 0.3 is 5.97 Å². The van der Waals surface area contributed by atoms with Crippen LogP contribution in [0.2, 0.25) is 0 Å². The number of rotatable bonds is 6. The standard InChI is InChI=1S/C16H16N2O3/c19-15(11-12-16(20)21)17-18(13-7-3-1-4-8-13)14-9-5-2-6-10-14/h1-10H,11-12H2,(H,17,19)(H,20,21). The maximum atomic E-state index is 11.9. The summed E-state index contributed by atoms with van der Waals surface area (Å²) in [6, 6.07) is 18.7. The average Bonchev–Trinajstić information content (AvgIpc) is 2.52. The summed E-state index contributed by atoms with van der Waals surface area (Å²) in [5.74, 6) is -1.33. The van der Waals surface area contributed by atoms with Crippen molar-refractivity contribution in [2.45, 2.75) is 12.8 Å². The number of carbonyl (C=O) groups is 2. The fourth-order valence-electron chi connectivity index (χ4n) is 1.83. The molecule has 0 aliphatic heterocycles. The van der Waals surface area contributed by atoms with Crippen LogP contribution in [0.25, 0.3) is 0 Å². The number of carbonyl (C=O) groups excluding carboxylic acids is 1. The van der Waals surface area contributed by atoms with Crippen molar-refractivity contribution in [3.8, 4) is 0 Å². The van der Waals surface area contributed by atoms with Gasteiger partial charge in [0.05, 0.1) is 17.8 Å². The average molecular weight is 284 g/mol. The predicted molar refractivity (Wildman–Crippen MR) is 80.0 cm³/mol. The third kappa shape index (κ3) is 4.35. The summed E-state index contributed by atoms with van der Waals surface area (Å²) in [6.45, 7) is 0. The van der Waals surface area contributed by atoms with Gasteiger partial charge in [-0.1, -0.05) is 36.4 Å². The summed E-state index contributed by atoms with van der Waals surface area (Å²) in [6.07, 6.45) is -0.255. The van der Waals surface area contributed by atoms with E-state index in [1.165, 1.54) is 0 Å². The van der Waals surface area contributed by atoms with Crippen LogP contribution in [0.15, 0.2) is 60.7 Å². The molecule has 0 bridgehead atoms. The van der Waals surface area contributed by atoms with Gasteiger partial charge < -0.3 is 5.11 Å². The Bertz CT molecular complexity index is 560. The summed E-state index contributed by atoms with van der Waals surface area (Å²) in [7, 11) is 0. The van der Waals surface area contributed by atoms with Crippen LogP contribution < -0.4 is 10.4 Å². The van der Waals surface area contributed by atoms with Crippen LogP contribution in [0.4, 0.5) is 11.4 Å². The highest BCUT2D eigenvalue weighted by Crippen LogP contribution is 2.22. The Labute approximate surface area is 122 Å². The van der Waals surface area contributed by atoms with Gasteiger partial charge in [0, 0.05) is 6.42 Å². The molecule has 0 unspecified atom stereocenters. The molecule has 5 nitrogen and oxygen atoms in total. The molecule has 0 saturated heterocycles. The van der Waals surface area contributed by atoms with Gasteiger partial charge in [0.15, 0.2) is 0 Å². The molecule has 0 spiro atoms. The summed E-state index contributed by atoms with van der Waals surface area (Å²) in [5.41, 5.74) is 4.33. The van der Waals surface area contributed by atoms with Crippen LogP contribution in [0.5, 0.6) is 0 Å². The molecule has 2 rings (SSSR count). The molecule has 0 aromatic heterocycles. The molecule has 0 radical (unpaired) electrons. The Kier molecular flexibility index (Phi) is 4.93. The Morgan fingerprint density at radius 2 is 1.33 bits per heavy atom. The highest BCUT2D eigenvalue weighted by Gasteiger charge is 2.13. The minimum absolute atomic E-state index is 0.0640. The molecule has 0 fully saturated rings. The number of hydrogen-bond acceptors (Lipinski definition) is 3. The first-order chi connectivity index (χ1) is 10.2. The SMILES string of the molecule is O=C(O)CCC(=O)NN(c1ccccc1)c1ccccc1. The molecular weight excluding hydrogens is 268 g/mol. The van der Waals surface area contributed by atoms with E-state index >= 15 is 0 Å². The monoisotopic (exact) mass is 284 g/mol. The highest BCUT2D eigenvalue weighted by atomic mass is 16.4. The molecule has 2 aromatic rings. The van der Waals surface area contributed by atoms with Crippen molar-refractivity contribution in [1.29, 1.82) is 0 Å². The molecule has 2 N–H and O–H groups in total. The van der Waals surface area contributed by atoms with Crippen molar-refractivity contribution in [2.75, 3.05) is 5.01 Å². The number of hydrogen-bond donors (Lipinski definition) is 2. The van der Waals surface area contributed by atoms with Crippen molar-refractivity contribution >= 4 is 23.3 Å². The van der Waals surface area contributed by atoms with Gasteiger partial charge in [0.1, 0.15) is 0 Å². The van der Waals surface area contributed by atoms with Crippen LogP contribution in [-0.2, 0) is 9.59 Å². The third-order valence-corrected chi connectivity index (χ3v) is 2.83. The molecule has 21 heavy (non-hydrogen) atoms. The summed E-state index contributed by atoms with van der Waals surface area (Å²) in [5, 5.41) is 10.3. The molecule has 0 aliphatic carbocycles.